The predicted octanol–water partition coefficient (Wildman–Crippen LogP) is 2.77. The Hall–Kier alpha value is -2.17. The summed E-state index contributed by atoms with van der Waals surface area (Å²) < 4.78 is 51.5. The third-order valence-electron chi connectivity index (χ3n) is 3.41. The number of aryl methyl sites for hydroxylation is 2. The van der Waals surface area contributed by atoms with Crippen LogP contribution < -0.4 is 4.72 Å². The number of sulfonamides is 1. The highest BCUT2D eigenvalue weighted by molar-refractivity contribution is 7.92. The highest BCUT2D eigenvalue weighted by atomic mass is 35.5. The first kappa shape index (κ1) is 20.1. The van der Waals surface area contributed by atoms with Gasteiger partial charge in [-0.05, 0) is 55.3 Å². The Labute approximate surface area is 155 Å². The number of nitrogens with zero attached hydrogens (tertiary/aromatic N) is 1. The van der Waals surface area contributed by atoms with E-state index in [0.717, 1.165) is 0 Å². The Morgan fingerprint density at radius 1 is 1.08 bits per heavy atom. The summed E-state index contributed by atoms with van der Waals surface area (Å²) in [6.07, 6.45) is 0. The number of nitro groups is 1. The van der Waals surface area contributed by atoms with Crippen molar-refractivity contribution in [1.82, 2.24) is 0 Å². The number of nitrogens with one attached hydrogen (secondary N) is 1. The van der Waals surface area contributed by atoms with Crippen molar-refractivity contribution < 1.29 is 21.8 Å². The molecule has 2 rings (SSSR count). The summed E-state index contributed by atoms with van der Waals surface area (Å²) in [6, 6.07) is 8.28. The van der Waals surface area contributed by atoms with E-state index in [2.05, 4.69) is 4.72 Å². The normalized spacial score (nSPS) is 12.0. The maximum Gasteiger partial charge on any atom is 0.305 e. The van der Waals surface area contributed by atoms with Crippen LogP contribution in [-0.4, -0.2) is 27.6 Å². The molecule has 26 heavy (non-hydrogen) atoms. The minimum absolute atomic E-state index is 0.0506. The van der Waals surface area contributed by atoms with Crippen LogP contribution in [0, 0.1) is 24.0 Å². The van der Waals surface area contributed by atoms with Crippen molar-refractivity contribution in [2.75, 3.05) is 10.6 Å². The minimum atomic E-state index is -4.13. The molecule has 0 fully saturated rings. The summed E-state index contributed by atoms with van der Waals surface area (Å²) in [5, 5.41) is 10.8. The van der Waals surface area contributed by atoms with Crippen LogP contribution in [0.15, 0.2) is 46.2 Å². The molecule has 0 saturated carbocycles. The van der Waals surface area contributed by atoms with E-state index in [1.807, 2.05) is 0 Å². The summed E-state index contributed by atoms with van der Waals surface area (Å²) >= 11 is 5.80. The first-order valence-electron chi connectivity index (χ1n) is 7.16. The molecule has 0 aliphatic carbocycles. The molecule has 1 N–H and O–H groups in total. The van der Waals surface area contributed by atoms with Crippen LogP contribution in [0.2, 0.25) is 5.02 Å². The van der Waals surface area contributed by atoms with Crippen LogP contribution in [0.1, 0.15) is 11.1 Å². The van der Waals surface area contributed by atoms with E-state index in [0.29, 0.717) is 0 Å². The number of rotatable bonds is 6. The lowest BCUT2D eigenvalue weighted by Gasteiger charge is -2.13. The Morgan fingerprint density at radius 3 is 2.15 bits per heavy atom. The lowest BCUT2D eigenvalue weighted by atomic mass is 10.1. The van der Waals surface area contributed by atoms with Crippen LogP contribution >= 0.6 is 11.6 Å². The lowest BCUT2D eigenvalue weighted by Crippen LogP contribution is -2.18. The fourth-order valence-corrected chi connectivity index (χ4v) is 5.40. The minimum Gasteiger partial charge on any atom is -0.280 e. The zero-order valence-corrected chi connectivity index (χ0v) is 16.2. The first-order valence-corrected chi connectivity index (χ1v) is 10.7. The Kier molecular flexibility index (Phi) is 5.59. The molecule has 0 saturated heterocycles. The highest BCUT2D eigenvalue weighted by Crippen LogP contribution is 2.27. The van der Waals surface area contributed by atoms with E-state index in [1.54, 1.807) is 0 Å². The molecule has 0 unspecified atom stereocenters. The fraction of sp³-hybridized carbons (Fsp3) is 0.200. The number of sulfone groups is 1. The summed E-state index contributed by atoms with van der Waals surface area (Å²) in [7, 11) is -8.06. The van der Waals surface area contributed by atoms with E-state index in [4.69, 9.17) is 11.6 Å². The van der Waals surface area contributed by atoms with Crippen molar-refractivity contribution in [3.05, 3.63) is 62.7 Å². The quantitative estimate of drug-likeness (QED) is 0.568. The van der Waals surface area contributed by atoms with Crippen LogP contribution in [-0.2, 0) is 19.9 Å². The third-order valence-corrected chi connectivity index (χ3v) is 6.84. The molecular formula is C15H15ClN2O6S2. The van der Waals surface area contributed by atoms with Crippen LogP contribution in [0.25, 0.3) is 0 Å². The van der Waals surface area contributed by atoms with Crippen LogP contribution in [0.5, 0.6) is 0 Å². The SMILES string of the molecule is Cc1cc(NS(=O)(=O)c2cccc(Cl)c2)cc(C)c1S(=O)(=O)C[N+](=O)[O-]. The number of hydrogen-bond donors (Lipinski definition) is 1. The average Bonchev–Trinajstić information content (AvgIpc) is 2.43. The van der Waals surface area contributed by atoms with E-state index in [1.165, 1.54) is 50.2 Å². The topological polar surface area (TPSA) is 123 Å². The molecule has 0 aromatic heterocycles. The molecule has 0 radical (unpaired) electrons. The van der Waals surface area contributed by atoms with Gasteiger partial charge in [-0.25, -0.2) is 16.8 Å². The maximum atomic E-state index is 12.4. The van der Waals surface area contributed by atoms with Gasteiger partial charge in [0.2, 0.25) is 9.84 Å². The van der Waals surface area contributed by atoms with Gasteiger partial charge in [-0.3, -0.25) is 14.8 Å². The zero-order chi connectivity index (χ0) is 19.7. The molecule has 0 aliphatic rings. The second-order valence-corrected chi connectivity index (χ2v) is 9.59. The van der Waals surface area contributed by atoms with E-state index >= 15 is 0 Å². The van der Waals surface area contributed by atoms with Gasteiger partial charge in [0.15, 0.2) is 0 Å². The van der Waals surface area contributed by atoms with Crippen LogP contribution in [0.4, 0.5) is 5.69 Å². The van der Waals surface area contributed by atoms with E-state index in [-0.39, 0.29) is 31.6 Å². The van der Waals surface area contributed by atoms with Gasteiger partial charge in [-0.15, -0.1) is 0 Å². The van der Waals surface area contributed by atoms with Crippen LogP contribution in [0.3, 0.4) is 0 Å². The average molecular weight is 419 g/mol. The molecule has 0 heterocycles. The van der Waals surface area contributed by atoms with Gasteiger partial charge in [-0.1, -0.05) is 17.7 Å². The van der Waals surface area contributed by atoms with Crippen molar-refractivity contribution in [1.29, 1.82) is 0 Å². The number of hydrogen-bond acceptors (Lipinski definition) is 6. The van der Waals surface area contributed by atoms with Gasteiger partial charge < -0.3 is 0 Å². The molecule has 0 bridgehead atoms. The summed E-state index contributed by atoms with van der Waals surface area (Å²) in [5.74, 6) is -1.23. The smallest absolute Gasteiger partial charge is 0.280 e. The molecule has 8 nitrogen and oxygen atoms in total. The summed E-state index contributed by atoms with van der Waals surface area (Å²) in [5.41, 5.74) is 0.548. The second-order valence-electron chi connectivity index (χ2n) is 5.58. The van der Waals surface area contributed by atoms with Gasteiger partial charge in [0, 0.05) is 15.6 Å². The number of halogens is 1. The number of anilines is 1. The predicted molar refractivity (Wildman–Crippen MR) is 97.2 cm³/mol. The Balaban J connectivity index is 2.44. The van der Waals surface area contributed by atoms with Crippen molar-refractivity contribution in [2.45, 2.75) is 23.6 Å². The molecule has 11 heteroatoms. The Morgan fingerprint density at radius 2 is 1.65 bits per heavy atom. The zero-order valence-electron chi connectivity index (χ0n) is 13.8. The molecule has 0 aliphatic heterocycles. The standard InChI is InChI=1S/C15H15ClN2O6S2/c1-10-6-13(7-11(2)15(10)25(21,22)9-18(19)20)17-26(23,24)14-5-3-4-12(16)8-14/h3-8,17H,9H2,1-2H3. The van der Waals surface area contributed by atoms with Crippen molar-refractivity contribution >= 4 is 37.1 Å². The van der Waals surface area contributed by atoms with Crippen molar-refractivity contribution in [3.8, 4) is 0 Å². The molecule has 140 valence electrons. The number of benzene rings is 2. The largest absolute Gasteiger partial charge is 0.305 e. The first-order chi connectivity index (χ1) is 11.9. The molecule has 0 spiro atoms. The van der Waals surface area contributed by atoms with Gasteiger partial charge in [0.25, 0.3) is 10.0 Å². The molecule has 0 amide bonds. The Bertz CT molecular complexity index is 1060. The third kappa shape index (κ3) is 4.51. The van der Waals surface area contributed by atoms with Gasteiger partial charge in [0.1, 0.15) is 0 Å². The summed E-state index contributed by atoms with van der Waals surface area (Å²) in [4.78, 5) is 9.42. The van der Waals surface area contributed by atoms with E-state index < -0.39 is 30.7 Å². The summed E-state index contributed by atoms with van der Waals surface area (Å²) in [6.45, 7) is 2.88. The van der Waals surface area contributed by atoms with Crippen molar-refractivity contribution in [3.63, 3.8) is 0 Å². The molecule has 0 atom stereocenters. The molecular weight excluding hydrogens is 404 g/mol. The molecule has 2 aromatic carbocycles. The van der Waals surface area contributed by atoms with Gasteiger partial charge in [0.05, 0.1) is 9.79 Å². The maximum absolute atomic E-state index is 12.4. The second kappa shape index (κ2) is 7.22. The van der Waals surface area contributed by atoms with Gasteiger partial charge >= 0.3 is 5.88 Å². The monoisotopic (exact) mass is 418 g/mol. The highest BCUT2D eigenvalue weighted by Gasteiger charge is 2.26. The van der Waals surface area contributed by atoms with Crippen molar-refractivity contribution in [2.24, 2.45) is 0 Å². The lowest BCUT2D eigenvalue weighted by molar-refractivity contribution is -0.458. The molecule has 2 aromatic rings. The van der Waals surface area contributed by atoms with E-state index in [9.17, 15) is 26.9 Å². The van der Waals surface area contributed by atoms with Gasteiger partial charge in [-0.2, -0.15) is 0 Å². The fourth-order valence-electron chi connectivity index (χ4n) is 2.55.